The number of aliphatic imine (C=N–C) groups is 1. The molecule has 0 saturated carbocycles. The molecule has 0 spiro atoms. The number of methoxy groups -OCH3 is 1. The van der Waals surface area contributed by atoms with Gasteiger partial charge >= 0.3 is 0 Å². The molecule has 0 bridgehead atoms. The van der Waals surface area contributed by atoms with E-state index in [4.69, 9.17) is 9.47 Å². The fourth-order valence-electron chi connectivity index (χ4n) is 2.35. The molecule has 0 aliphatic rings. The van der Waals surface area contributed by atoms with Crippen LogP contribution in [0.5, 0.6) is 11.6 Å². The summed E-state index contributed by atoms with van der Waals surface area (Å²) < 4.78 is 11.2. The maximum atomic E-state index is 5.91. The second-order valence-corrected chi connectivity index (χ2v) is 5.72. The number of guanidine groups is 1. The summed E-state index contributed by atoms with van der Waals surface area (Å²) in [5.74, 6) is 2.18. The maximum Gasteiger partial charge on any atom is 0.218 e. The molecular weight excluding hydrogens is 443 g/mol. The van der Waals surface area contributed by atoms with Crippen LogP contribution in [-0.4, -0.2) is 37.7 Å². The van der Waals surface area contributed by atoms with Crippen LogP contribution < -0.4 is 20.1 Å². The number of halogens is 1. The van der Waals surface area contributed by atoms with Crippen molar-refractivity contribution in [1.29, 1.82) is 0 Å². The van der Waals surface area contributed by atoms with Crippen LogP contribution in [0.25, 0.3) is 0 Å². The number of aromatic nitrogens is 1. The molecule has 142 valence electrons. The lowest BCUT2D eigenvalue weighted by atomic mass is 10.2. The van der Waals surface area contributed by atoms with E-state index in [1.165, 1.54) is 5.56 Å². The van der Waals surface area contributed by atoms with Crippen molar-refractivity contribution < 1.29 is 9.47 Å². The van der Waals surface area contributed by atoms with Crippen molar-refractivity contribution in [1.82, 2.24) is 15.6 Å². The number of rotatable bonds is 7. The Morgan fingerprint density at radius 1 is 1.23 bits per heavy atom. The van der Waals surface area contributed by atoms with Gasteiger partial charge in [0, 0.05) is 25.4 Å². The number of ether oxygens (including phenoxy) is 2. The Labute approximate surface area is 172 Å². The molecular formula is C19H27IN4O2. The third-order valence-corrected chi connectivity index (χ3v) is 3.60. The second kappa shape index (κ2) is 11.6. The Morgan fingerprint density at radius 2 is 2.04 bits per heavy atom. The molecule has 1 unspecified atom stereocenters. The molecule has 6 nitrogen and oxygen atoms in total. The number of nitrogens with zero attached hydrogens (tertiary/aromatic N) is 2. The summed E-state index contributed by atoms with van der Waals surface area (Å²) in [6.07, 6.45) is 1.72. The zero-order valence-corrected chi connectivity index (χ0v) is 18.0. The number of nitrogens with one attached hydrogen (secondary N) is 2. The highest BCUT2D eigenvalue weighted by molar-refractivity contribution is 14.0. The van der Waals surface area contributed by atoms with E-state index >= 15 is 0 Å². The van der Waals surface area contributed by atoms with E-state index in [0.29, 0.717) is 24.9 Å². The van der Waals surface area contributed by atoms with Crippen molar-refractivity contribution in [3.05, 3.63) is 53.7 Å². The summed E-state index contributed by atoms with van der Waals surface area (Å²) in [5, 5.41) is 6.52. The minimum absolute atomic E-state index is 0. The molecule has 1 heterocycles. The van der Waals surface area contributed by atoms with Gasteiger partial charge in [-0.1, -0.05) is 18.2 Å². The van der Waals surface area contributed by atoms with Crippen LogP contribution in [0.1, 0.15) is 18.1 Å². The van der Waals surface area contributed by atoms with Crippen molar-refractivity contribution in [3.63, 3.8) is 0 Å². The molecule has 2 rings (SSSR count). The third kappa shape index (κ3) is 7.07. The Morgan fingerprint density at radius 3 is 2.73 bits per heavy atom. The number of benzene rings is 1. The van der Waals surface area contributed by atoms with Gasteiger partial charge < -0.3 is 20.1 Å². The predicted octanol–water partition coefficient (Wildman–Crippen LogP) is 3.15. The van der Waals surface area contributed by atoms with Gasteiger partial charge in [0.2, 0.25) is 5.88 Å². The van der Waals surface area contributed by atoms with Crippen LogP contribution in [0.15, 0.2) is 47.6 Å². The van der Waals surface area contributed by atoms with E-state index < -0.39 is 0 Å². The van der Waals surface area contributed by atoms with E-state index in [0.717, 1.165) is 11.3 Å². The highest BCUT2D eigenvalue weighted by Crippen LogP contribution is 2.14. The SMILES string of the molecule is CN=C(NCc1cccnc1OC)NCC(C)Oc1cccc(C)c1.I. The van der Waals surface area contributed by atoms with Crippen molar-refractivity contribution in [2.24, 2.45) is 4.99 Å². The van der Waals surface area contributed by atoms with Crippen LogP contribution in [-0.2, 0) is 6.54 Å². The summed E-state index contributed by atoms with van der Waals surface area (Å²) in [7, 11) is 3.35. The van der Waals surface area contributed by atoms with Crippen molar-refractivity contribution >= 4 is 29.9 Å². The van der Waals surface area contributed by atoms with E-state index in [1.807, 2.05) is 50.2 Å². The zero-order chi connectivity index (χ0) is 18.1. The third-order valence-electron chi connectivity index (χ3n) is 3.60. The minimum atomic E-state index is 0. The van der Waals surface area contributed by atoms with Crippen LogP contribution in [0, 0.1) is 6.92 Å². The summed E-state index contributed by atoms with van der Waals surface area (Å²) in [4.78, 5) is 8.42. The van der Waals surface area contributed by atoms with E-state index in [2.05, 4.69) is 20.6 Å². The van der Waals surface area contributed by atoms with E-state index in [9.17, 15) is 0 Å². The van der Waals surface area contributed by atoms with Gasteiger partial charge in [-0.3, -0.25) is 4.99 Å². The Bertz CT molecular complexity index is 709. The first-order valence-electron chi connectivity index (χ1n) is 8.28. The fourth-order valence-corrected chi connectivity index (χ4v) is 2.35. The Kier molecular flexibility index (Phi) is 9.79. The fraction of sp³-hybridized carbons (Fsp3) is 0.368. The van der Waals surface area contributed by atoms with Crippen LogP contribution in [0.4, 0.5) is 0 Å². The molecule has 0 saturated heterocycles. The van der Waals surface area contributed by atoms with E-state index in [1.54, 1.807) is 20.4 Å². The lowest BCUT2D eigenvalue weighted by Crippen LogP contribution is -2.41. The van der Waals surface area contributed by atoms with Gasteiger partial charge in [-0.15, -0.1) is 24.0 Å². The maximum absolute atomic E-state index is 5.91. The standard InChI is InChI=1S/C19H26N4O2.HI/c1-14-7-5-9-17(11-14)25-15(2)12-22-19(20-3)23-13-16-8-6-10-21-18(16)24-4;/h5-11,15H,12-13H2,1-4H3,(H2,20,22,23);1H. The number of pyridine rings is 1. The van der Waals surface area contributed by atoms with Gasteiger partial charge in [-0.05, 0) is 37.6 Å². The molecule has 7 heteroatoms. The topological polar surface area (TPSA) is 67.8 Å². The highest BCUT2D eigenvalue weighted by atomic mass is 127. The van der Waals surface area contributed by atoms with Gasteiger partial charge in [0.05, 0.1) is 13.7 Å². The monoisotopic (exact) mass is 470 g/mol. The van der Waals surface area contributed by atoms with Gasteiger partial charge in [-0.2, -0.15) is 0 Å². The summed E-state index contributed by atoms with van der Waals surface area (Å²) >= 11 is 0. The molecule has 2 N–H and O–H groups in total. The smallest absolute Gasteiger partial charge is 0.218 e. The van der Waals surface area contributed by atoms with Gasteiger partial charge in [0.25, 0.3) is 0 Å². The Balaban J connectivity index is 0.00000338. The minimum Gasteiger partial charge on any atom is -0.489 e. The van der Waals surface area contributed by atoms with Crippen LogP contribution >= 0.6 is 24.0 Å². The molecule has 0 aliphatic carbocycles. The lowest BCUT2D eigenvalue weighted by molar-refractivity contribution is 0.223. The van der Waals surface area contributed by atoms with Crippen LogP contribution in [0.2, 0.25) is 0 Å². The van der Waals surface area contributed by atoms with Crippen molar-refractivity contribution in [2.45, 2.75) is 26.5 Å². The number of hydrogen-bond donors (Lipinski definition) is 2. The molecule has 1 aromatic heterocycles. The van der Waals surface area contributed by atoms with Gasteiger partial charge in [0.1, 0.15) is 11.9 Å². The molecule has 1 aromatic carbocycles. The molecule has 0 fully saturated rings. The number of hydrogen-bond acceptors (Lipinski definition) is 4. The molecule has 0 aliphatic heterocycles. The highest BCUT2D eigenvalue weighted by Gasteiger charge is 2.07. The average molecular weight is 470 g/mol. The first-order valence-corrected chi connectivity index (χ1v) is 8.28. The predicted molar refractivity (Wildman–Crippen MR) is 116 cm³/mol. The normalized spacial score (nSPS) is 11.9. The van der Waals surface area contributed by atoms with E-state index in [-0.39, 0.29) is 30.1 Å². The molecule has 26 heavy (non-hydrogen) atoms. The van der Waals surface area contributed by atoms with Crippen LogP contribution in [0.3, 0.4) is 0 Å². The Hall–Kier alpha value is -2.03. The first-order chi connectivity index (χ1) is 12.1. The van der Waals surface area contributed by atoms with Gasteiger partial charge in [0.15, 0.2) is 5.96 Å². The molecule has 1 atom stereocenters. The molecule has 0 radical (unpaired) electrons. The largest absolute Gasteiger partial charge is 0.489 e. The van der Waals surface area contributed by atoms with Crippen molar-refractivity contribution in [2.75, 3.05) is 20.7 Å². The summed E-state index contributed by atoms with van der Waals surface area (Å²) in [6.45, 7) is 5.28. The first kappa shape index (κ1) is 22.0. The zero-order valence-electron chi connectivity index (χ0n) is 15.7. The average Bonchev–Trinajstić information content (AvgIpc) is 2.62. The quantitative estimate of drug-likeness (QED) is 0.370. The lowest BCUT2D eigenvalue weighted by Gasteiger charge is -2.18. The second-order valence-electron chi connectivity index (χ2n) is 5.72. The number of aryl methyl sites for hydroxylation is 1. The summed E-state index contributed by atoms with van der Waals surface area (Å²) in [6, 6.07) is 11.9. The van der Waals surface area contributed by atoms with Gasteiger partial charge in [-0.25, -0.2) is 4.98 Å². The molecule has 2 aromatic rings. The van der Waals surface area contributed by atoms with Crippen molar-refractivity contribution in [3.8, 4) is 11.6 Å². The summed E-state index contributed by atoms with van der Waals surface area (Å²) in [5.41, 5.74) is 2.15. The molecule has 0 amide bonds.